The number of rotatable bonds is 6. The molecule has 3 aliphatic carbocycles. The summed E-state index contributed by atoms with van der Waals surface area (Å²) in [5.41, 5.74) is 7.06. The Morgan fingerprint density at radius 2 is 1.68 bits per heavy atom. The molecule has 0 aliphatic heterocycles. The lowest BCUT2D eigenvalue weighted by Crippen LogP contribution is -2.54. The maximum absolute atomic E-state index is 12.5. The van der Waals surface area contributed by atoms with E-state index in [9.17, 15) is 12.8 Å². The van der Waals surface area contributed by atoms with Crippen molar-refractivity contribution in [3.63, 3.8) is 0 Å². The van der Waals surface area contributed by atoms with E-state index in [4.69, 9.17) is 15.6 Å². The third-order valence-electron chi connectivity index (χ3n) is 6.09. The molecule has 4 N–H and O–H groups in total. The Hall–Kier alpha value is -1.44. The lowest BCUT2D eigenvalue weighted by Gasteiger charge is -2.52. The fourth-order valence-corrected chi connectivity index (χ4v) is 5.39. The molecule has 0 saturated heterocycles. The Morgan fingerprint density at radius 3 is 2.12 bits per heavy atom. The van der Waals surface area contributed by atoms with Crippen LogP contribution in [0.25, 0.3) is 0 Å². The van der Waals surface area contributed by atoms with E-state index in [2.05, 4.69) is 0 Å². The molecule has 0 heterocycles. The molecule has 4 rings (SSSR count). The molecule has 0 amide bonds. The van der Waals surface area contributed by atoms with Gasteiger partial charge in [0.15, 0.2) is 0 Å². The monoisotopic (exact) mass is 368 g/mol. The minimum atomic E-state index is -3.50. The van der Waals surface area contributed by atoms with Crippen molar-refractivity contribution in [2.24, 2.45) is 10.9 Å². The summed E-state index contributed by atoms with van der Waals surface area (Å²) in [6, 6.07) is 7.83. The molecule has 0 radical (unpaired) electrons. The summed E-state index contributed by atoms with van der Waals surface area (Å²) in [4.78, 5) is 0. The summed E-state index contributed by atoms with van der Waals surface area (Å²) in [6.45, 7) is 0.262. The number of benzene rings is 1. The Morgan fingerprint density at radius 1 is 1.12 bits per heavy atom. The fourth-order valence-electron chi connectivity index (χ4n) is 4.23. The number of primary sulfonamides is 1. The molecule has 2 bridgehead atoms. The second-order valence-corrected chi connectivity index (χ2v) is 9.25. The average Bonchev–Trinajstić information content (AvgIpc) is 2.64. The van der Waals surface area contributed by atoms with Crippen molar-refractivity contribution < 1.29 is 17.5 Å². The molecular weight excluding hydrogens is 343 g/mol. The smallest absolute Gasteiger partial charge is 0.214 e. The SMILES string of the molecule is NC/C(=C\F)COc1ccc(C23CCC(S(N)(=O)=O)(CC2)CC3)cc1. The summed E-state index contributed by atoms with van der Waals surface area (Å²) in [5, 5.41) is 5.48. The lowest BCUT2D eigenvalue weighted by atomic mass is 9.57. The lowest BCUT2D eigenvalue weighted by molar-refractivity contribution is 0.151. The van der Waals surface area contributed by atoms with Crippen LogP contribution in [0.15, 0.2) is 36.2 Å². The third-order valence-corrected chi connectivity index (χ3v) is 7.91. The first-order valence-corrected chi connectivity index (χ1v) is 10.1. The highest BCUT2D eigenvalue weighted by molar-refractivity contribution is 7.90. The quantitative estimate of drug-likeness (QED) is 0.806. The van der Waals surface area contributed by atoms with Crippen LogP contribution in [0.2, 0.25) is 0 Å². The van der Waals surface area contributed by atoms with E-state index in [1.54, 1.807) is 0 Å². The van der Waals surface area contributed by atoms with Crippen molar-refractivity contribution in [1.29, 1.82) is 0 Å². The number of halogens is 1. The highest BCUT2D eigenvalue weighted by Crippen LogP contribution is 2.56. The van der Waals surface area contributed by atoms with Gasteiger partial charge in [-0.2, -0.15) is 0 Å². The second kappa shape index (κ2) is 6.70. The maximum Gasteiger partial charge on any atom is 0.214 e. The van der Waals surface area contributed by atoms with Gasteiger partial charge in [0.05, 0.1) is 11.1 Å². The second-order valence-electron chi connectivity index (χ2n) is 7.29. The molecular formula is C18H25FN2O3S. The van der Waals surface area contributed by atoms with Gasteiger partial charge in [-0.05, 0) is 61.6 Å². The fraction of sp³-hybridized carbons (Fsp3) is 0.556. The number of ether oxygens (including phenoxy) is 1. The maximum atomic E-state index is 12.5. The third kappa shape index (κ3) is 3.32. The summed E-state index contributed by atoms with van der Waals surface area (Å²) < 4.78 is 41.2. The van der Waals surface area contributed by atoms with E-state index < -0.39 is 14.8 Å². The van der Waals surface area contributed by atoms with Gasteiger partial charge in [0.1, 0.15) is 12.4 Å². The molecule has 0 spiro atoms. The Labute approximate surface area is 148 Å². The van der Waals surface area contributed by atoms with Crippen molar-refractivity contribution in [1.82, 2.24) is 0 Å². The van der Waals surface area contributed by atoms with E-state index in [0.29, 0.717) is 36.9 Å². The zero-order chi connectivity index (χ0) is 18.1. The van der Waals surface area contributed by atoms with Crippen LogP contribution in [0.4, 0.5) is 4.39 Å². The van der Waals surface area contributed by atoms with E-state index in [1.807, 2.05) is 24.3 Å². The van der Waals surface area contributed by atoms with Crippen molar-refractivity contribution in [2.75, 3.05) is 13.2 Å². The molecule has 0 atom stereocenters. The first-order chi connectivity index (χ1) is 11.8. The highest BCUT2D eigenvalue weighted by Gasteiger charge is 2.54. The van der Waals surface area contributed by atoms with Gasteiger partial charge in [0.2, 0.25) is 10.0 Å². The van der Waals surface area contributed by atoms with Crippen LogP contribution >= 0.6 is 0 Å². The Balaban J connectivity index is 1.70. The standard InChI is InChI=1S/C18H25FN2O3S/c19-11-14(12-20)13-24-16-3-1-15(2-4-16)17-5-8-18(9-6-17,10-7-17)25(21,22)23/h1-4,11H,5-10,12-13,20H2,(H2,21,22,23)/b14-11+. The van der Waals surface area contributed by atoms with E-state index in [1.165, 1.54) is 5.56 Å². The Bertz CT molecular complexity index is 735. The highest BCUT2D eigenvalue weighted by atomic mass is 32.2. The molecule has 25 heavy (non-hydrogen) atoms. The van der Waals surface area contributed by atoms with Gasteiger partial charge in [-0.15, -0.1) is 0 Å². The number of hydrogen-bond acceptors (Lipinski definition) is 4. The van der Waals surface area contributed by atoms with E-state index >= 15 is 0 Å². The van der Waals surface area contributed by atoms with E-state index in [0.717, 1.165) is 19.3 Å². The molecule has 1 aromatic rings. The predicted octanol–water partition coefficient (Wildman–Crippen LogP) is 2.51. The van der Waals surface area contributed by atoms with E-state index in [-0.39, 0.29) is 18.6 Å². The van der Waals surface area contributed by atoms with Crippen molar-refractivity contribution >= 4 is 10.0 Å². The number of nitrogens with two attached hydrogens (primary N) is 2. The molecule has 3 fully saturated rings. The minimum Gasteiger partial charge on any atom is -0.489 e. The normalized spacial score (nSPS) is 29.6. The zero-order valence-corrected chi connectivity index (χ0v) is 15.0. The van der Waals surface area contributed by atoms with Gasteiger partial charge >= 0.3 is 0 Å². The average molecular weight is 368 g/mol. The molecule has 7 heteroatoms. The van der Waals surface area contributed by atoms with Crippen LogP contribution in [0.3, 0.4) is 0 Å². The summed E-state index contributed by atoms with van der Waals surface area (Å²) >= 11 is 0. The first-order valence-electron chi connectivity index (χ1n) is 8.58. The van der Waals surface area contributed by atoms with Crippen LogP contribution in [0.1, 0.15) is 44.1 Å². The van der Waals surface area contributed by atoms with Crippen LogP contribution in [0.5, 0.6) is 5.75 Å². The number of sulfonamides is 1. The van der Waals surface area contributed by atoms with Crippen LogP contribution in [-0.2, 0) is 15.4 Å². The number of fused-ring (bicyclic) bond motifs is 3. The molecule has 0 unspecified atom stereocenters. The topological polar surface area (TPSA) is 95.4 Å². The molecule has 3 aliphatic rings. The van der Waals surface area contributed by atoms with Gasteiger partial charge in [-0.3, -0.25) is 0 Å². The zero-order valence-electron chi connectivity index (χ0n) is 14.2. The molecule has 138 valence electrons. The number of hydrogen-bond donors (Lipinski definition) is 2. The van der Waals surface area contributed by atoms with Gasteiger partial charge in [0.25, 0.3) is 0 Å². The Kier molecular flexibility index (Phi) is 4.92. The minimum absolute atomic E-state index is 0.0340. The summed E-state index contributed by atoms with van der Waals surface area (Å²) in [5.74, 6) is 0.665. The van der Waals surface area contributed by atoms with Gasteiger partial charge in [-0.1, -0.05) is 12.1 Å². The molecule has 5 nitrogen and oxygen atoms in total. The first kappa shape index (κ1) is 18.4. The van der Waals surface area contributed by atoms with Crippen molar-refractivity contribution in [3.8, 4) is 5.75 Å². The summed E-state index contributed by atoms with van der Waals surface area (Å²) in [7, 11) is -3.50. The van der Waals surface area contributed by atoms with Gasteiger partial charge in [-0.25, -0.2) is 17.9 Å². The van der Waals surface area contributed by atoms with Crippen LogP contribution in [0, 0.1) is 0 Å². The molecule has 1 aromatic carbocycles. The van der Waals surface area contributed by atoms with Crippen molar-refractivity contribution in [3.05, 3.63) is 41.7 Å². The largest absolute Gasteiger partial charge is 0.489 e. The van der Waals surface area contributed by atoms with Crippen LogP contribution in [-0.4, -0.2) is 26.3 Å². The van der Waals surface area contributed by atoms with Crippen molar-refractivity contribution in [2.45, 2.75) is 48.7 Å². The molecule has 3 saturated carbocycles. The predicted molar refractivity (Wildman–Crippen MR) is 95.4 cm³/mol. The van der Waals surface area contributed by atoms with Crippen LogP contribution < -0.4 is 15.6 Å². The molecule has 0 aromatic heterocycles. The van der Waals surface area contributed by atoms with Gasteiger partial charge < -0.3 is 10.5 Å². The summed E-state index contributed by atoms with van der Waals surface area (Å²) in [6.07, 6.45) is 4.89. The van der Waals surface area contributed by atoms with Gasteiger partial charge in [0, 0.05) is 12.1 Å².